The van der Waals surface area contributed by atoms with Crippen molar-refractivity contribution in [1.82, 2.24) is 19.5 Å². The van der Waals surface area contributed by atoms with Crippen LogP contribution in [-0.2, 0) is 32.2 Å². The first kappa shape index (κ1) is 43.1. The monoisotopic (exact) mass is 810 g/mol. The van der Waals surface area contributed by atoms with E-state index in [0.717, 1.165) is 17.7 Å². The van der Waals surface area contributed by atoms with Gasteiger partial charge in [-0.25, -0.2) is 23.0 Å². The number of pyridine rings is 1. The number of nitrogens with one attached hydrogen (secondary N) is 2. The van der Waals surface area contributed by atoms with Crippen LogP contribution in [0.25, 0.3) is 0 Å². The van der Waals surface area contributed by atoms with Crippen molar-refractivity contribution in [3.8, 4) is 0 Å². The van der Waals surface area contributed by atoms with Gasteiger partial charge in [0.1, 0.15) is 22.2 Å². The minimum atomic E-state index is -4.61. The number of anilines is 2. The van der Waals surface area contributed by atoms with E-state index in [1.165, 1.54) is 33.5 Å². The Labute approximate surface area is 324 Å². The van der Waals surface area contributed by atoms with Gasteiger partial charge in [-0.3, -0.25) is 4.79 Å². The van der Waals surface area contributed by atoms with Gasteiger partial charge in [-0.1, -0.05) is 23.7 Å². The van der Waals surface area contributed by atoms with Crippen LogP contribution in [0.1, 0.15) is 69.4 Å². The molecule has 4 rings (SSSR count). The fourth-order valence-corrected chi connectivity index (χ4v) is 6.97. The summed E-state index contributed by atoms with van der Waals surface area (Å²) in [6.45, 7) is 11.5. The van der Waals surface area contributed by atoms with E-state index in [1.807, 2.05) is 0 Å². The van der Waals surface area contributed by atoms with Crippen molar-refractivity contribution in [2.24, 2.45) is 0 Å². The predicted molar refractivity (Wildman–Crippen MR) is 202 cm³/mol. The average molecular weight is 811 g/mol. The zero-order valence-electron chi connectivity index (χ0n) is 31.5. The van der Waals surface area contributed by atoms with Crippen LogP contribution >= 0.6 is 11.6 Å². The Morgan fingerprint density at radius 2 is 1.47 bits per heavy atom. The molecule has 1 fully saturated rings. The number of halogens is 4. The maximum Gasteiger partial charge on any atom is 0.416 e. The van der Waals surface area contributed by atoms with E-state index < -0.39 is 51.1 Å². The average Bonchev–Trinajstić information content (AvgIpc) is 3.08. The molecule has 300 valence electrons. The molecule has 1 aromatic heterocycles. The molecule has 1 aliphatic heterocycles. The van der Waals surface area contributed by atoms with Crippen LogP contribution in [0.2, 0.25) is 5.15 Å². The summed E-state index contributed by atoms with van der Waals surface area (Å²) in [5, 5.41) is 5.10. The lowest BCUT2D eigenvalue weighted by molar-refractivity contribution is -0.137. The standard InChI is InChI=1S/C37H46ClF3N6O7S/c1-35(2,3)53-33(49)42-16-7-17-46(34(50)54-36(4,5)6)24-25-8-10-26(11-9-25)32(48)43-28-12-14-29(15-13-28)55(51,52)47-20-18-45(19-21-47)31-23-27(37(39,40)41)22-30(38)44-31/h8-15,22-23H,7,16-21,24H2,1-6H3,(H,42,49)(H,43,48). The Balaban J connectivity index is 1.33. The number of sulfonamides is 1. The Kier molecular flexibility index (Phi) is 13.7. The SMILES string of the molecule is CC(C)(C)OC(=O)NCCCN(Cc1ccc(C(=O)Nc2ccc(S(=O)(=O)N3CCN(c4cc(C(F)(F)F)cc(Cl)n4)CC3)cc2)cc1)C(=O)OC(C)(C)C. The highest BCUT2D eigenvalue weighted by Crippen LogP contribution is 2.33. The third-order valence-corrected chi connectivity index (χ3v) is 10.0. The van der Waals surface area contributed by atoms with E-state index in [1.54, 1.807) is 70.7 Å². The molecular weight excluding hydrogens is 765 g/mol. The second-order valence-corrected chi connectivity index (χ2v) is 17.1. The van der Waals surface area contributed by atoms with Gasteiger partial charge in [-0.2, -0.15) is 17.5 Å². The van der Waals surface area contributed by atoms with Gasteiger partial charge in [0.15, 0.2) is 0 Å². The maximum absolute atomic E-state index is 13.4. The molecule has 1 aliphatic rings. The van der Waals surface area contributed by atoms with Crippen molar-refractivity contribution in [2.45, 2.75) is 76.8 Å². The number of ether oxygens (including phenoxy) is 2. The zero-order chi connectivity index (χ0) is 40.8. The van der Waals surface area contributed by atoms with Gasteiger partial charge in [0.25, 0.3) is 5.91 Å². The summed E-state index contributed by atoms with van der Waals surface area (Å²) >= 11 is 5.82. The fourth-order valence-electron chi connectivity index (χ4n) is 5.35. The smallest absolute Gasteiger partial charge is 0.416 e. The Bertz CT molecular complexity index is 1930. The van der Waals surface area contributed by atoms with Gasteiger partial charge in [0, 0.05) is 57.1 Å². The van der Waals surface area contributed by atoms with Crippen LogP contribution in [0.4, 0.5) is 34.3 Å². The molecule has 0 aliphatic carbocycles. The minimum Gasteiger partial charge on any atom is -0.444 e. The van der Waals surface area contributed by atoms with Gasteiger partial charge in [0.2, 0.25) is 10.0 Å². The van der Waals surface area contributed by atoms with Crippen LogP contribution in [0.3, 0.4) is 0 Å². The number of alkyl halides is 3. The van der Waals surface area contributed by atoms with Gasteiger partial charge in [-0.15, -0.1) is 0 Å². The number of nitrogens with zero attached hydrogens (tertiary/aromatic N) is 4. The van der Waals surface area contributed by atoms with E-state index in [2.05, 4.69) is 15.6 Å². The molecule has 2 N–H and O–H groups in total. The summed E-state index contributed by atoms with van der Waals surface area (Å²) in [5.41, 5.74) is -0.906. The topological polar surface area (TPSA) is 150 Å². The fraction of sp³-hybridized carbons (Fsp3) is 0.459. The van der Waals surface area contributed by atoms with E-state index >= 15 is 0 Å². The molecule has 0 unspecified atom stereocenters. The normalized spacial score (nSPS) is 14.3. The van der Waals surface area contributed by atoms with Crippen molar-refractivity contribution >= 4 is 51.2 Å². The number of carbonyl (C=O) groups is 3. The van der Waals surface area contributed by atoms with E-state index in [4.69, 9.17) is 21.1 Å². The number of benzene rings is 2. The lowest BCUT2D eigenvalue weighted by atomic mass is 10.1. The van der Waals surface area contributed by atoms with Crippen LogP contribution < -0.4 is 15.5 Å². The number of alkyl carbamates (subject to hydrolysis) is 1. The van der Waals surface area contributed by atoms with Crippen LogP contribution in [-0.4, -0.2) is 91.2 Å². The second-order valence-electron chi connectivity index (χ2n) is 14.8. The molecule has 0 atom stereocenters. The van der Waals surface area contributed by atoms with Crippen molar-refractivity contribution in [2.75, 3.05) is 49.5 Å². The van der Waals surface area contributed by atoms with Crippen molar-refractivity contribution in [3.63, 3.8) is 0 Å². The molecule has 55 heavy (non-hydrogen) atoms. The summed E-state index contributed by atoms with van der Waals surface area (Å²) in [4.78, 5) is 45.1. The van der Waals surface area contributed by atoms with Crippen LogP contribution in [0.5, 0.6) is 0 Å². The minimum absolute atomic E-state index is 0.00714. The molecule has 1 saturated heterocycles. The van der Waals surface area contributed by atoms with Crippen molar-refractivity contribution in [1.29, 1.82) is 0 Å². The molecule has 0 bridgehead atoms. The summed E-state index contributed by atoms with van der Waals surface area (Å²) in [5.74, 6) is -0.435. The van der Waals surface area contributed by atoms with E-state index in [0.29, 0.717) is 17.7 Å². The van der Waals surface area contributed by atoms with E-state index in [9.17, 15) is 36.0 Å². The third kappa shape index (κ3) is 13.0. The quantitative estimate of drug-likeness (QED) is 0.152. The Hall–Kier alpha value is -4.61. The molecular formula is C37H46ClF3N6O7S. The van der Waals surface area contributed by atoms with Crippen LogP contribution in [0, 0.1) is 0 Å². The lowest BCUT2D eigenvalue weighted by Gasteiger charge is -2.35. The molecule has 2 heterocycles. The maximum atomic E-state index is 13.4. The molecule has 0 saturated carbocycles. The number of hydrogen-bond donors (Lipinski definition) is 2. The van der Waals surface area contributed by atoms with Gasteiger partial charge in [0.05, 0.1) is 10.5 Å². The van der Waals surface area contributed by atoms with Gasteiger partial charge < -0.3 is 29.9 Å². The molecule has 0 radical (unpaired) electrons. The first-order valence-corrected chi connectivity index (χ1v) is 19.3. The van der Waals surface area contributed by atoms with E-state index in [-0.39, 0.29) is 61.7 Å². The number of aromatic nitrogens is 1. The lowest BCUT2D eigenvalue weighted by Crippen LogP contribution is -2.49. The number of piperazine rings is 1. The van der Waals surface area contributed by atoms with Gasteiger partial charge >= 0.3 is 18.4 Å². The number of carbonyl (C=O) groups excluding carboxylic acids is 3. The highest BCUT2D eigenvalue weighted by atomic mass is 35.5. The molecule has 2 aromatic carbocycles. The summed E-state index contributed by atoms with van der Waals surface area (Å²) < 4.78 is 78.6. The summed E-state index contributed by atoms with van der Waals surface area (Å²) in [6.07, 6.45) is -5.26. The molecule has 0 spiro atoms. The molecule has 13 nitrogen and oxygen atoms in total. The van der Waals surface area contributed by atoms with Crippen molar-refractivity contribution in [3.05, 3.63) is 82.5 Å². The molecule has 3 amide bonds. The van der Waals surface area contributed by atoms with Gasteiger partial charge in [-0.05, 0) is 102 Å². The number of amides is 3. The number of rotatable bonds is 11. The zero-order valence-corrected chi connectivity index (χ0v) is 33.1. The van der Waals surface area contributed by atoms with Crippen molar-refractivity contribution < 1.29 is 45.4 Å². The summed E-state index contributed by atoms with van der Waals surface area (Å²) in [6, 6.07) is 13.9. The second kappa shape index (κ2) is 17.5. The number of hydrogen-bond acceptors (Lipinski definition) is 9. The molecule has 18 heteroatoms. The predicted octanol–water partition coefficient (Wildman–Crippen LogP) is 7.17. The Morgan fingerprint density at radius 1 is 0.873 bits per heavy atom. The Morgan fingerprint density at radius 3 is 2.04 bits per heavy atom. The summed E-state index contributed by atoms with van der Waals surface area (Å²) in [7, 11) is -3.95. The molecule has 3 aromatic rings. The van der Waals surface area contributed by atoms with Crippen LogP contribution in [0.15, 0.2) is 65.6 Å². The largest absolute Gasteiger partial charge is 0.444 e. The first-order valence-electron chi connectivity index (χ1n) is 17.5. The highest BCUT2D eigenvalue weighted by Gasteiger charge is 2.34. The third-order valence-electron chi connectivity index (χ3n) is 7.93. The first-order chi connectivity index (χ1) is 25.5. The highest BCUT2D eigenvalue weighted by molar-refractivity contribution is 7.89.